The van der Waals surface area contributed by atoms with Crippen molar-refractivity contribution in [1.82, 2.24) is 14.5 Å². The van der Waals surface area contributed by atoms with Gasteiger partial charge < -0.3 is 31.0 Å². The SMILES string of the molecule is Nc1nc2c(ccn2[C@@H]2O[C@H](CO)[C@H](O)C2(N)C#CCF)c(=O)[nH]1. The maximum atomic E-state index is 12.5. The predicted molar refractivity (Wildman–Crippen MR) is 82.4 cm³/mol. The second-order valence-corrected chi connectivity index (χ2v) is 5.43. The van der Waals surface area contributed by atoms with Crippen molar-refractivity contribution in [3.8, 4) is 11.8 Å². The van der Waals surface area contributed by atoms with E-state index in [4.69, 9.17) is 16.2 Å². The Bertz CT molecular complexity index is 885. The summed E-state index contributed by atoms with van der Waals surface area (Å²) in [7, 11) is 0. The van der Waals surface area contributed by atoms with Gasteiger partial charge in [0.25, 0.3) is 5.56 Å². The molecule has 9 nitrogen and oxygen atoms in total. The first kappa shape index (κ1) is 16.4. The molecule has 10 heteroatoms. The summed E-state index contributed by atoms with van der Waals surface area (Å²) in [5, 5.41) is 19.9. The summed E-state index contributed by atoms with van der Waals surface area (Å²) < 4.78 is 19.4. The Balaban J connectivity index is 2.18. The molecule has 1 saturated heterocycles. The molecule has 1 aliphatic heterocycles. The largest absolute Gasteiger partial charge is 0.394 e. The smallest absolute Gasteiger partial charge is 0.261 e. The zero-order valence-electron chi connectivity index (χ0n) is 12.4. The van der Waals surface area contributed by atoms with Crippen LogP contribution in [-0.2, 0) is 4.74 Å². The number of hydrogen-bond acceptors (Lipinski definition) is 7. The summed E-state index contributed by atoms with van der Waals surface area (Å²) in [6, 6.07) is 1.48. The number of nitrogens with one attached hydrogen (secondary N) is 1. The van der Waals surface area contributed by atoms with Gasteiger partial charge >= 0.3 is 0 Å². The molecule has 4 atom stereocenters. The van der Waals surface area contributed by atoms with Gasteiger partial charge in [0.15, 0.2) is 17.4 Å². The number of nitrogens with two attached hydrogens (primary N) is 2. The van der Waals surface area contributed by atoms with Gasteiger partial charge in [-0.2, -0.15) is 4.98 Å². The number of aliphatic hydroxyl groups is 2. The van der Waals surface area contributed by atoms with E-state index in [0.29, 0.717) is 0 Å². The van der Waals surface area contributed by atoms with E-state index < -0.39 is 42.8 Å². The lowest BCUT2D eigenvalue weighted by Gasteiger charge is -2.28. The Morgan fingerprint density at radius 2 is 2.33 bits per heavy atom. The van der Waals surface area contributed by atoms with E-state index in [0.717, 1.165) is 0 Å². The van der Waals surface area contributed by atoms with E-state index in [1.807, 2.05) is 0 Å². The van der Waals surface area contributed by atoms with Gasteiger partial charge in [-0.25, -0.2) is 4.39 Å². The fourth-order valence-electron chi connectivity index (χ4n) is 2.82. The van der Waals surface area contributed by atoms with Gasteiger partial charge in [-0.05, 0) is 6.07 Å². The molecule has 0 saturated carbocycles. The van der Waals surface area contributed by atoms with Gasteiger partial charge in [-0.3, -0.25) is 9.78 Å². The number of anilines is 1. The Morgan fingerprint density at radius 3 is 3.00 bits per heavy atom. The Hall–Kier alpha value is -2.45. The molecule has 128 valence electrons. The van der Waals surface area contributed by atoms with Crippen LogP contribution in [0.3, 0.4) is 0 Å². The molecule has 24 heavy (non-hydrogen) atoms. The van der Waals surface area contributed by atoms with Crippen LogP contribution < -0.4 is 17.0 Å². The number of halogens is 1. The highest BCUT2D eigenvalue weighted by molar-refractivity contribution is 5.76. The van der Waals surface area contributed by atoms with Crippen LogP contribution in [0.4, 0.5) is 10.3 Å². The van der Waals surface area contributed by atoms with E-state index in [9.17, 15) is 19.4 Å². The molecule has 0 amide bonds. The molecule has 1 unspecified atom stereocenters. The maximum absolute atomic E-state index is 12.5. The summed E-state index contributed by atoms with van der Waals surface area (Å²) in [4.78, 5) is 18.3. The monoisotopic (exact) mass is 337 g/mol. The lowest BCUT2D eigenvalue weighted by Crippen LogP contribution is -2.53. The van der Waals surface area contributed by atoms with Crippen LogP contribution in [0.2, 0.25) is 0 Å². The van der Waals surface area contributed by atoms with E-state index in [2.05, 4.69) is 21.8 Å². The highest BCUT2D eigenvalue weighted by atomic mass is 19.1. The van der Waals surface area contributed by atoms with Crippen LogP contribution in [0.1, 0.15) is 6.23 Å². The second kappa shape index (κ2) is 5.88. The number of rotatable bonds is 2. The average Bonchev–Trinajstić information content (AvgIpc) is 3.06. The number of ether oxygens (including phenoxy) is 1. The number of nitrogen functional groups attached to an aromatic ring is 1. The third kappa shape index (κ3) is 2.35. The number of fused-ring (bicyclic) bond motifs is 1. The average molecular weight is 337 g/mol. The lowest BCUT2D eigenvalue weighted by atomic mass is 9.91. The van der Waals surface area contributed by atoms with Crippen molar-refractivity contribution in [2.75, 3.05) is 19.0 Å². The van der Waals surface area contributed by atoms with Gasteiger partial charge in [0, 0.05) is 6.20 Å². The molecule has 1 fully saturated rings. The summed E-state index contributed by atoms with van der Waals surface area (Å²) >= 11 is 0. The molecule has 2 aromatic rings. The van der Waals surface area contributed by atoms with Gasteiger partial charge in [0.2, 0.25) is 5.95 Å². The van der Waals surface area contributed by atoms with Crippen molar-refractivity contribution < 1.29 is 19.3 Å². The number of H-pyrrole nitrogens is 1. The molecule has 0 spiro atoms. The minimum Gasteiger partial charge on any atom is -0.394 e. The Labute approximate surface area is 135 Å². The highest BCUT2D eigenvalue weighted by Gasteiger charge is 2.54. The van der Waals surface area contributed by atoms with Crippen LogP contribution >= 0.6 is 0 Å². The van der Waals surface area contributed by atoms with Crippen molar-refractivity contribution in [3.05, 3.63) is 22.6 Å². The van der Waals surface area contributed by atoms with E-state index in [1.165, 1.54) is 16.8 Å². The number of alkyl halides is 1. The minimum absolute atomic E-state index is 0.109. The number of nitrogens with zero attached hydrogens (tertiary/aromatic N) is 2. The van der Waals surface area contributed by atoms with E-state index >= 15 is 0 Å². The van der Waals surface area contributed by atoms with Gasteiger partial charge in [0.05, 0.1) is 12.0 Å². The molecule has 3 heterocycles. The van der Waals surface area contributed by atoms with Crippen molar-refractivity contribution in [1.29, 1.82) is 0 Å². The summed E-state index contributed by atoms with van der Waals surface area (Å²) in [6.45, 7) is -1.47. The third-order valence-electron chi connectivity index (χ3n) is 3.96. The highest BCUT2D eigenvalue weighted by Crippen LogP contribution is 2.37. The van der Waals surface area contributed by atoms with Crippen LogP contribution in [-0.4, -0.2) is 55.8 Å². The molecular formula is C14H16FN5O4. The number of aliphatic hydroxyl groups excluding tert-OH is 2. The van der Waals surface area contributed by atoms with Gasteiger partial charge in [0.1, 0.15) is 18.9 Å². The van der Waals surface area contributed by atoms with Crippen molar-refractivity contribution >= 4 is 17.0 Å². The molecular weight excluding hydrogens is 321 g/mol. The van der Waals surface area contributed by atoms with Gasteiger partial charge in [-0.1, -0.05) is 11.8 Å². The minimum atomic E-state index is -1.70. The number of aromatic nitrogens is 3. The normalized spacial score (nSPS) is 29.6. The van der Waals surface area contributed by atoms with E-state index in [-0.39, 0.29) is 17.0 Å². The lowest BCUT2D eigenvalue weighted by molar-refractivity contribution is -0.0445. The molecule has 0 bridgehead atoms. The summed E-state index contributed by atoms with van der Waals surface area (Å²) in [6.07, 6.45) is -2.02. The summed E-state index contributed by atoms with van der Waals surface area (Å²) in [5.41, 5.74) is 9.74. The van der Waals surface area contributed by atoms with Crippen LogP contribution in [0, 0.1) is 11.8 Å². The predicted octanol–water partition coefficient (Wildman–Crippen LogP) is -1.77. The summed E-state index contributed by atoms with van der Waals surface area (Å²) in [5.74, 6) is 4.52. The van der Waals surface area contributed by atoms with Crippen LogP contribution in [0.15, 0.2) is 17.1 Å². The molecule has 2 aromatic heterocycles. The molecule has 1 aliphatic rings. The number of hydrogen-bond donors (Lipinski definition) is 5. The molecule has 3 rings (SSSR count). The quantitative estimate of drug-likeness (QED) is 0.406. The van der Waals surface area contributed by atoms with E-state index in [1.54, 1.807) is 0 Å². The Morgan fingerprint density at radius 1 is 1.58 bits per heavy atom. The Kier molecular flexibility index (Phi) is 4.02. The number of aromatic amines is 1. The molecule has 0 aliphatic carbocycles. The van der Waals surface area contributed by atoms with Gasteiger partial charge in [-0.15, -0.1) is 0 Å². The van der Waals surface area contributed by atoms with Crippen LogP contribution in [0.5, 0.6) is 0 Å². The third-order valence-corrected chi connectivity index (χ3v) is 3.96. The molecule has 7 N–H and O–H groups in total. The maximum Gasteiger partial charge on any atom is 0.261 e. The van der Waals surface area contributed by atoms with Crippen molar-refractivity contribution in [3.63, 3.8) is 0 Å². The first-order valence-corrected chi connectivity index (χ1v) is 7.08. The molecule has 0 aromatic carbocycles. The standard InChI is InChI=1S/C14H16FN5O4/c15-4-1-3-14(17)9(22)8(6-21)24-12(14)20-5-2-7-10(20)18-13(16)19-11(7)23/h2,5,8-9,12,21-22H,4,6,17H2,(H3,16,18,19,23)/t8-,9+,12-,14?/m1/s1. The fourth-order valence-corrected chi connectivity index (χ4v) is 2.82. The topological polar surface area (TPSA) is 152 Å². The molecule has 0 radical (unpaired) electrons. The van der Waals surface area contributed by atoms with Crippen molar-refractivity contribution in [2.45, 2.75) is 24.0 Å². The first-order chi connectivity index (χ1) is 11.4. The van der Waals surface area contributed by atoms with Crippen molar-refractivity contribution in [2.24, 2.45) is 5.73 Å². The fraction of sp³-hybridized carbons (Fsp3) is 0.429. The zero-order chi connectivity index (χ0) is 17.5. The zero-order valence-corrected chi connectivity index (χ0v) is 12.4. The first-order valence-electron chi connectivity index (χ1n) is 7.08. The second-order valence-electron chi connectivity index (χ2n) is 5.43. The van der Waals surface area contributed by atoms with Crippen LogP contribution in [0.25, 0.3) is 11.0 Å².